The van der Waals surface area contributed by atoms with Gasteiger partial charge in [0.15, 0.2) is 0 Å². The molecule has 3 amide bonds. The van der Waals surface area contributed by atoms with E-state index in [1.807, 2.05) is 0 Å². The van der Waals surface area contributed by atoms with Crippen LogP contribution in [0.2, 0.25) is 0 Å². The van der Waals surface area contributed by atoms with E-state index < -0.39 is 18.1 Å². The first-order valence-corrected chi connectivity index (χ1v) is 15.3. The van der Waals surface area contributed by atoms with E-state index in [2.05, 4.69) is 5.32 Å². The van der Waals surface area contributed by atoms with E-state index in [1.165, 1.54) is 17.2 Å². The molecule has 0 bridgehead atoms. The smallest absolute Gasteiger partial charge is 0.323 e. The molecule has 10 heteroatoms. The Kier molecular flexibility index (Phi) is 11.5. The van der Waals surface area contributed by atoms with Gasteiger partial charge in [0.1, 0.15) is 6.54 Å². The monoisotopic (exact) mass is 578 g/mol. The highest BCUT2D eigenvalue weighted by Crippen LogP contribution is 2.24. The number of aliphatic carboxylic acids is 1. The summed E-state index contributed by atoms with van der Waals surface area (Å²) in [6, 6.07) is 9.93. The van der Waals surface area contributed by atoms with Gasteiger partial charge in [0.2, 0.25) is 5.91 Å². The SMILES string of the molecule is O=C(O)Cn1cc(N(CCCCCCCCCCCN2C(=O)c3ccccc3C2=O)C(=O)C2CCCNC2)ccc1=O. The highest BCUT2D eigenvalue weighted by molar-refractivity contribution is 6.21. The van der Waals surface area contributed by atoms with Crippen LogP contribution in [0.25, 0.3) is 0 Å². The lowest BCUT2D eigenvalue weighted by Crippen LogP contribution is -2.44. The van der Waals surface area contributed by atoms with Gasteiger partial charge < -0.3 is 19.9 Å². The van der Waals surface area contributed by atoms with Crippen molar-refractivity contribution in [3.63, 3.8) is 0 Å². The second-order valence-corrected chi connectivity index (χ2v) is 11.3. The van der Waals surface area contributed by atoms with Crippen LogP contribution in [0.15, 0.2) is 47.4 Å². The normalized spacial score (nSPS) is 16.5. The van der Waals surface area contributed by atoms with E-state index in [1.54, 1.807) is 35.2 Å². The zero-order valence-corrected chi connectivity index (χ0v) is 24.3. The number of hydrogen-bond acceptors (Lipinski definition) is 6. The Hall–Kier alpha value is -3.79. The van der Waals surface area contributed by atoms with E-state index in [4.69, 9.17) is 5.11 Å². The number of carboxylic acids is 1. The summed E-state index contributed by atoms with van der Waals surface area (Å²) >= 11 is 0. The molecule has 2 N–H and O–H groups in total. The van der Waals surface area contributed by atoms with Gasteiger partial charge in [0.25, 0.3) is 17.4 Å². The standard InChI is InChI=1S/C32H42N4O6/c37-28-17-16-25(22-34(28)23-29(38)39)35(30(40)24-13-12-18-33-21-24)19-10-6-4-2-1-3-5-7-11-20-36-31(41)26-14-8-9-15-27(26)32(36)42/h8-9,14-17,22,24,33H,1-7,10-13,18-21,23H2,(H,38,39). The molecule has 1 aromatic carbocycles. The molecule has 3 heterocycles. The fourth-order valence-electron chi connectivity index (χ4n) is 5.82. The van der Waals surface area contributed by atoms with E-state index in [0.29, 0.717) is 36.4 Å². The third-order valence-corrected chi connectivity index (χ3v) is 8.14. The summed E-state index contributed by atoms with van der Waals surface area (Å²) in [5.74, 6) is -1.59. The summed E-state index contributed by atoms with van der Waals surface area (Å²) in [6.45, 7) is 2.08. The van der Waals surface area contributed by atoms with Gasteiger partial charge in [-0.2, -0.15) is 0 Å². The molecule has 0 radical (unpaired) electrons. The average Bonchev–Trinajstić information content (AvgIpc) is 3.24. The minimum atomic E-state index is -1.11. The van der Waals surface area contributed by atoms with Crippen LogP contribution in [0, 0.1) is 5.92 Å². The molecule has 1 aromatic heterocycles. The fraction of sp³-hybridized carbons (Fsp3) is 0.531. The Morgan fingerprint density at radius 2 is 1.48 bits per heavy atom. The number of pyridine rings is 1. The maximum atomic E-state index is 13.4. The molecule has 42 heavy (non-hydrogen) atoms. The van der Waals surface area contributed by atoms with Gasteiger partial charge >= 0.3 is 5.97 Å². The number of benzene rings is 1. The number of piperidine rings is 1. The molecule has 0 spiro atoms. The predicted octanol–water partition coefficient (Wildman–Crippen LogP) is 4.07. The molecule has 0 aliphatic carbocycles. The summed E-state index contributed by atoms with van der Waals surface area (Å²) in [5.41, 5.74) is 1.16. The predicted molar refractivity (Wildman–Crippen MR) is 160 cm³/mol. The number of carbonyl (C=O) groups excluding carboxylic acids is 3. The molecule has 2 aliphatic rings. The van der Waals surface area contributed by atoms with Gasteiger partial charge in [-0.3, -0.25) is 28.9 Å². The van der Waals surface area contributed by atoms with Gasteiger partial charge in [0, 0.05) is 31.9 Å². The number of carboxylic acid groups (broad SMARTS) is 1. The van der Waals surface area contributed by atoms with Crippen LogP contribution in [0.5, 0.6) is 0 Å². The Morgan fingerprint density at radius 3 is 2.07 bits per heavy atom. The first-order valence-electron chi connectivity index (χ1n) is 15.3. The van der Waals surface area contributed by atoms with Gasteiger partial charge in [-0.1, -0.05) is 57.1 Å². The maximum Gasteiger partial charge on any atom is 0.323 e. The van der Waals surface area contributed by atoms with E-state index in [9.17, 15) is 24.0 Å². The molecule has 1 unspecified atom stereocenters. The van der Waals surface area contributed by atoms with Crippen LogP contribution < -0.4 is 15.8 Å². The first kappa shape index (κ1) is 31.2. The second kappa shape index (κ2) is 15.4. The van der Waals surface area contributed by atoms with Crippen LogP contribution in [-0.2, 0) is 16.1 Å². The van der Waals surface area contributed by atoms with Gasteiger partial charge in [0.05, 0.1) is 22.7 Å². The van der Waals surface area contributed by atoms with Crippen molar-refractivity contribution in [2.75, 3.05) is 31.1 Å². The van der Waals surface area contributed by atoms with Crippen LogP contribution in [-0.4, -0.2) is 64.4 Å². The first-order chi connectivity index (χ1) is 20.4. The molecular weight excluding hydrogens is 536 g/mol. The summed E-state index contributed by atoms with van der Waals surface area (Å²) < 4.78 is 1.14. The second-order valence-electron chi connectivity index (χ2n) is 11.3. The summed E-state index contributed by atoms with van der Waals surface area (Å²) in [5, 5.41) is 12.4. The van der Waals surface area contributed by atoms with Crippen molar-refractivity contribution in [1.82, 2.24) is 14.8 Å². The van der Waals surface area contributed by atoms with Crippen molar-refractivity contribution in [1.29, 1.82) is 0 Å². The molecule has 10 nitrogen and oxygen atoms in total. The number of fused-ring (bicyclic) bond motifs is 1. The number of unbranched alkanes of at least 4 members (excludes halogenated alkanes) is 8. The number of hydrogen-bond donors (Lipinski definition) is 2. The Bertz CT molecular complexity index is 1280. The molecule has 1 saturated heterocycles. The van der Waals surface area contributed by atoms with E-state index >= 15 is 0 Å². The van der Waals surface area contributed by atoms with Gasteiger partial charge in [-0.15, -0.1) is 0 Å². The number of amides is 3. The Balaban J connectivity index is 1.15. The molecule has 4 rings (SSSR count). The Labute approximate surface area is 246 Å². The zero-order valence-electron chi connectivity index (χ0n) is 24.3. The number of rotatable bonds is 16. The quantitative estimate of drug-likeness (QED) is 0.227. The molecule has 1 atom stereocenters. The van der Waals surface area contributed by atoms with Crippen molar-refractivity contribution < 1.29 is 24.3 Å². The third kappa shape index (κ3) is 8.15. The summed E-state index contributed by atoms with van der Waals surface area (Å²) in [4.78, 5) is 64.7. The van der Waals surface area contributed by atoms with Crippen molar-refractivity contribution >= 4 is 29.4 Å². The topological polar surface area (TPSA) is 129 Å². The summed E-state index contributed by atoms with van der Waals surface area (Å²) in [7, 11) is 0. The average molecular weight is 579 g/mol. The lowest BCUT2D eigenvalue weighted by Gasteiger charge is -2.30. The highest BCUT2D eigenvalue weighted by atomic mass is 16.4. The fourth-order valence-corrected chi connectivity index (χ4v) is 5.82. The van der Waals surface area contributed by atoms with Crippen molar-refractivity contribution in [2.24, 2.45) is 5.92 Å². The maximum absolute atomic E-state index is 13.4. The van der Waals surface area contributed by atoms with Gasteiger partial charge in [-0.05, 0) is 50.4 Å². The van der Waals surface area contributed by atoms with Gasteiger partial charge in [-0.25, -0.2) is 0 Å². The molecule has 2 aliphatic heterocycles. The number of aromatic nitrogens is 1. The molecule has 2 aromatic rings. The van der Waals surface area contributed by atoms with Crippen molar-refractivity contribution in [2.45, 2.75) is 77.2 Å². The number of nitrogens with zero attached hydrogens (tertiary/aromatic N) is 3. The van der Waals surface area contributed by atoms with Crippen molar-refractivity contribution in [3.8, 4) is 0 Å². The van der Waals surface area contributed by atoms with E-state index in [-0.39, 0.29) is 23.6 Å². The highest BCUT2D eigenvalue weighted by Gasteiger charge is 2.34. The number of imide groups is 1. The Morgan fingerprint density at radius 1 is 0.857 bits per heavy atom. The van der Waals surface area contributed by atoms with Crippen LogP contribution >= 0.6 is 0 Å². The van der Waals surface area contributed by atoms with Crippen LogP contribution in [0.4, 0.5) is 5.69 Å². The van der Waals surface area contributed by atoms with E-state index in [0.717, 1.165) is 81.7 Å². The largest absolute Gasteiger partial charge is 0.480 e. The number of nitrogens with one attached hydrogen (secondary N) is 1. The molecular formula is C32H42N4O6. The van der Waals surface area contributed by atoms with Crippen LogP contribution in [0.1, 0.15) is 91.3 Å². The zero-order chi connectivity index (χ0) is 29.9. The molecule has 226 valence electrons. The summed E-state index contributed by atoms with van der Waals surface area (Å²) in [6.07, 6.45) is 12.3. The van der Waals surface area contributed by atoms with Crippen molar-refractivity contribution in [3.05, 3.63) is 64.1 Å². The molecule has 1 fully saturated rings. The minimum absolute atomic E-state index is 0.0175. The number of anilines is 1. The third-order valence-electron chi connectivity index (χ3n) is 8.14. The molecule has 0 saturated carbocycles. The lowest BCUT2D eigenvalue weighted by molar-refractivity contribution is -0.137. The van der Waals surface area contributed by atoms with Crippen LogP contribution in [0.3, 0.4) is 0 Å². The number of carbonyl (C=O) groups is 4. The minimum Gasteiger partial charge on any atom is -0.480 e. The lowest BCUT2D eigenvalue weighted by atomic mass is 9.97.